The van der Waals surface area contributed by atoms with Crippen LogP contribution < -0.4 is 5.73 Å². The van der Waals surface area contributed by atoms with Crippen LogP contribution in [-0.2, 0) is 22.6 Å². The molecule has 0 unspecified atom stereocenters. The lowest BCUT2D eigenvalue weighted by molar-refractivity contribution is -0.135. The van der Waals surface area contributed by atoms with Gasteiger partial charge in [0.1, 0.15) is 0 Å². The van der Waals surface area contributed by atoms with E-state index in [0.717, 1.165) is 17.5 Å². The lowest BCUT2D eigenvalue weighted by atomic mass is 9.99. The van der Waals surface area contributed by atoms with Crippen molar-refractivity contribution in [2.45, 2.75) is 19.4 Å². The van der Waals surface area contributed by atoms with Gasteiger partial charge >= 0.3 is 11.9 Å². The minimum atomic E-state index is -1.31. The average molecular weight is 376 g/mol. The van der Waals surface area contributed by atoms with Gasteiger partial charge < -0.3 is 15.9 Å². The quantitative estimate of drug-likeness (QED) is 0.526. The number of hydrogen-bond donors (Lipinski definition) is 3. The summed E-state index contributed by atoms with van der Waals surface area (Å²) in [6.07, 6.45) is 6.02. The number of aliphatic carboxylic acids is 2. The Bertz CT molecular complexity index is 949. The van der Waals surface area contributed by atoms with Gasteiger partial charge in [0, 0.05) is 19.0 Å². The van der Waals surface area contributed by atoms with Crippen LogP contribution in [0.15, 0.2) is 60.2 Å². The zero-order valence-electron chi connectivity index (χ0n) is 15.1. The third kappa shape index (κ3) is 7.57. The van der Waals surface area contributed by atoms with Crippen molar-refractivity contribution in [3.63, 3.8) is 0 Å². The van der Waals surface area contributed by atoms with Gasteiger partial charge in [-0.25, -0.2) is 9.59 Å². The summed E-state index contributed by atoms with van der Waals surface area (Å²) in [5, 5.41) is 25.3. The van der Waals surface area contributed by atoms with E-state index in [9.17, 15) is 9.59 Å². The first-order chi connectivity index (χ1) is 13.4. The fourth-order valence-corrected chi connectivity index (χ4v) is 2.35. The Kier molecular flexibility index (Phi) is 9.26. The zero-order valence-corrected chi connectivity index (χ0v) is 15.1. The molecular formula is C22H20N2O4. The standard InChI is InChI=1S/C15H14N2.C7H6O4/c16-10-13-5-3-4-12(8-13)9-14-6-1-2-7-15(14)11-17;1-2-3-5(7(10)11)4-6(8)9/h1-8H,9,11,17H2;1,4H,3H2,(H,8,9)(H,10,11)/b;5-4+. The van der Waals surface area contributed by atoms with Gasteiger partial charge in [-0.05, 0) is 35.2 Å². The summed E-state index contributed by atoms with van der Waals surface area (Å²) in [5.41, 5.74) is 9.65. The molecule has 0 aromatic heterocycles. The van der Waals surface area contributed by atoms with Crippen molar-refractivity contribution in [2.24, 2.45) is 5.73 Å². The number of nitriles is 1. The smallest absolute Gasteiger partial charge is 0.332 e. The number of carbonyl (C=O) groups is 2. The monoisotopic (exact) mass is 376 g/mol. The molecule has 0 atom stereocenters. The van der Waals surface area contributed by atoms with Crippen molar-refractivity contribution in [2.75, 3.05) is 0 Å². The molecule has 0 aliphatic rings. The molecule has 0 amide bonds. The third-order valence-corrected chi connectivity index (χ3v) is 3.65. The second-order valence-electron chi connectivity index (χ2n) is 5.66. The van der Waals surface area contributed by atoms with Crippen LogP contribution in [0.1, 0.15) is 28.7 Å². The van der Waals surface area contributed by atoms with Crippen molar-refractivity contribution in [1.29, 1.82) is 5.26 Å². The number of benzene rings is 2. The van der Waals surface area contributed by atoms with E-state index in [1.54, 1.807) is 0 Å². The predicted octanol–water partition coefficient (Wildman–Crippen LogP) is 2.71. The van der Waals surface area contributed by atoms with E-state index < -0.39 is 11.9 Å². The minimum absolute atomic E-state index is 0.179. The van der Waals surface area contributed by atoms with Crippen LogP contribution in [-0.4, -0.2) is 22.2 Å². The Morgan fingerprint density at radius 2 is 1.79 bits per heavy atom. The highest BCUT2D eigenvalue weighted by atomic mass is 16.4. The van der Waals surface area contributed by atoms with E-state index in [4.69, 9.17) is 27.6 Å². The maximum atomic E-state index is 10.2. The van der Waals surface area contributed by atoms with Gasteiger partial charge in [0.25, 0.3) is 0 Å². The molecule has 0 saturated heterocycles. The molecule has 0 spiro atoms. The molecule has 0 bridgehead atoms. The fourth-order valence-electron chi connectivity index (χ4n) is 2.35. The largest absolute Gasteiger partial charge is 0.478 e. The van der Waals surface area contributed by atoms with Gasteiger partial charge in [-0.3, -0.25) is 0 Å². The summed E-state index contributed by atoms with van der Waals surface area (Å²) in [4.78, 5) is 20.2. The van der Waals surface area contributed by atoms with Crippen LogP contribution in [0.25, 0.3) is 0 Å². The Labute approximate surface area is 163 Å². The van der Waals surface area contributed by atoms with E-state index in [1.165, 1.54) is 5.56 Å². The number of rotatable bonds is 6. The van der Waals surface area contributed by atoms with E-state index in [-0.39, 0.29) is 12.0 Å². The molecule has 6 nitrogen and oxygen atoms in total. The highest BCUT2D eigenvalue weighted by Gasteiger charge is 2.06. The van der Waals surface area contributed by atoms with Crippen LogP contribution in [0.3, 0.4) is 0 Å². The molecule has 142 valence electrons. The lowest BCUT2D eigenvalue weighted by Gasteiger charge is -2.07. The second-order valence-corrected chi connectivity index (χ2v) is 5.66. The van der Waals surface area contributed by atoms with Crippen LogP contribution in [0.2, 0.25) is 0 Å². The van der Waals surface area contributed by atoms with Gasteiger partial charge in [0.15, 0.2) is 0 Å². The van der Waals surface area contributed by atoms with Gasteiger partial charge in [0.2, 0.25) is 0 Å². The Morgan fingerprint density at radius 3 is 2.32 bits per heavy atom. The van der Waals surface area contributed by atoms with Gasteiger partial charge in [-0.1, -0.05) is 36.4 Å². The fraction of sp³-hybridized carbons (Fsp3) is 0.136. The Morgan fingerprint density at radius 1 is 1.11 bits per heavy atom. The first-order valence-electron chi connectivity index (χ1n) is 8.27. The van der Waals surface area contributed by atoms with Crippen molar-refractivity contribution < 1.29 is 19.8 Å². The Hall–Kier alpha value is -3.87. The SMILES string of the molecule is C#CC/C(=C\C(=O)O)C(=O)O.N#Cc1cccc(Cc2ccccc2CN)c1. The van der Waals surface area contributed by atoms with Crippen molar-refractivity contribution in [3.8, 4) is 18.4 Å². The van der Waals surface area contributed by atoms with E-state index in [2.05, 4.69) is 12.1 Å². The molecule has 28 heavy (non-hydrogen) atoms. The number of nitrogens with zero attached hydrogens (tertiary/aromatic N) is 1. The highest BCUT2D eigenvalue weighted by Crippen LogP contribution is 2.15. The summed E-state index contributed by atoms with van der Waals surface area (Å²) >= 11 is 0. The van der Waals surface area contributed by atoms with Gasteiger partial charge in [-0.2, -0.15) is 5.26 Å². The third-order valence-electron chi connectivity index (χ3n) is 3.65. The number of hydrogen-bond acceptors (Lipinski definition) is 4. The molecule has 2 aromatic rings. The van der Waals surface area contributed by atoms with Crippen molar-refractivity contribution in [1.82, 2.24) is 0 Å². The normalized spacial score (nSPS) is 10.0. The molecule has 0 radical (unpaired) electrons. The van der Waals surface area contributed by atoms with Gasteiger partial charge in [-0.15, -0.1) is 12.3 Å². The van der Waals surface area contributed by atoms with Crippen LogP contribution >= 0.6 is 0 Å². The number of nitrogens with two attached hydrogens (primary N) is 1. The lowest BCUT2D eigenvalue weighted by Crippen LogP contribution is -2.03. The van der Waals surface area contributed by atoms with Crippen LogP contribution in [0, 0.1) is 23.7 Å². The van der Waals surface area contributed by atoms with E-state index in [0.29, 0.717) is 18.2 Å². The maximum absolute atomic E-state index is 10.2. The first kappa shape index (κ1) is 22.2. The van der Waals surface area contributed by atoms with Crippen molar-refractivity contribution in [3.05, 3.63) is 82.4 Å². The molecular weight excluding hydrogens is 356 g/mol. The number of carboxylic acid groups (broad SMARTS) is 2. The van der Waals surface area contributed by atoms with Gasteiger partial charge in [0.05, 0.1) is 17.2 Å². The first-order valence-corrected chi connectivity index (χ1v) is 8.27. The summed E-state index contributed by atoms with van der Waals surface area (Å²) in [5.74, 6) is -0.566. The molecule has 2 aromatic carbocycles. The second kappa shape index (κ2) is 11.7. The molecule has 0 heterocycles. The average Bonchev–Trinajstić information content (AvgIpc) is 2.68. The summed E-state index contributed by atoms with van der Waals surface area (Å²) < 4.78 is 0. The number of terminal acetylenes is 1. The predicted molar refractivity (Wildman–Crippen MR) is 105 cm³/mol. The molecule has 0 aliphatic heterocycles. The summed E-state index contributed by atoms with van der Waals surface area (Å²) in [6.45, 7) is 0.550. The minimum Gasteiger partial charge on any atom is -0.478 e. The summed E-state index contributed by atoms with van der Waals surface area (Å²) in [7, 11) is 0. The highest BCUT2D eigenvalue weighted by molar-refractivity contribution is 5.94. The van der Waals surface area contributed by atoms with Crippen LogP contribution in [0.4, 0.5) is 0 Å². The molecule has 0 fully saturated rings. The Balaban J connectivity index is 0.000000311. The summed E-state index contributed by atoms with van der Waals surface area (Å²) in [6, 6.07) is 18.0. The molecule has 0 aliphatic carbocycles. The van der Waals surface area contributed by atoms with Crippen molar-refractivity contribution >= 4 is 11.9 Å². The maximum Gasteiger partial charge on any atom is 0.332 e. The topological polar surface area (TPSA) is 124 Å². The zero-order chi connectivity index (χ0) is 20.9. The van der Waals surface area contributed by atoms with E-state index >= 15 is 0 Å². The van der Waals surface area contributed by atoms with Crippen LogP contribution in [0.5, 0.6) is 0 Å². The van der Waals surface area contributed by atoms with E-state index in [1.807, 2.05) is 48.4 Å². The molecule has 4 N–H and O–H groups in total. The number of carboxylic acids is 2. The molecule has 0 saturated carbocycles. The molecule has 6 heteroatoms. The molecule has 2 rings (SSSR count).